The van der Waals surface area contributed by atoms with Crippen molar-refractivity contribution in [2.45, 2.75) is 33.2 Å². The highest BCUT2D eigenvalue weighted by Crippen LogP contribution is 2.30. The van der Waals surface area contributed by atoms with Crippen LogP contribution in [0.2, 0.25) is 0 Å². The number of nitrogens with one attached hydrogen (secondary N) is 2. The van der Waals surface area contributed by atoms with Gasteiger partial charge in [-0.2, -0.15) is 15.1 Å². The van der Waals surface area contributed by atoms with Gasteiger partial charge in [0, 0.05) is 56.9 Å². The highest BCUT2D eigenvalue weighted by Gasteiger charge is 2.26. The van der Waals surface area contributed by atoms with Crippen molar-refractivity contribution in [1.82, 2.24) is 39.2 Å². The maximum absolute atomic E-state index is 13.5. The SMILES string of the molecule is COCCn1nc(C)c(NC(=O)c2ccn3c2CCc2cnc(Nc4cnc(N5CCN(C)CC5)nc4OC)nc2-3)c1C. The second-order valence-corrected chi connectivity index (χ2v) is 10.8. The van der Waals surface area contributed by atoms with Gasteiger partial charge in [0.15, 0.2) is 0 Å². The summed E-state index contributed by atoms with van der Waals surface area (Å²) in [5, 5.41) is 10.9. The first-order valence-corrected chi connectivity index (χ1v) is 14.4. The highest BCUT2D eigenvalue weighted by atomic mass is 16.5. The number of anilines is 4. The molecule has 4 aromatic heterocycles. The molecule has 0 aromatic carbocycles. The van der Waals surface area contributed by atoms with Gasteiger partial charge in [-0.1, -0.05) is 0 Å². The minimum atomic E-state index is -0.176. The average Bonchev–Trinajstić information content (AvgIpc) is 3.57. The predicted octanol–water partition coefficient (Wildman–Crippen LogP) is 2.37. The van der Waals surface area contributed by atoms with E-state index >= 15 is 0 Å². The van der Waals surface area contributed by atoms with E-state index < -0.39 is 0 Å². The van der Waals surface area contributed by atoms with E-state index in [0.29, 0.717) is 48.6 Å². The van der Waals surface area contributed by atoms with Gasteiger partial charge in [-0.25, -0.2) is 9.97 Å². The molecule has 2 aliphatic rings. The standard InChI is InChI=1S/C29H37N11O3/c1-18-24(19(2)40(36-18)14-15-42-4)33-26(41)21-8-9-39-23(21)7-6-20-16-30-28(34-25(20)39)32-22-17-31-29(35-27(22)43-5)38-12-10-37(3)11-13-38/h8-9,16-17H,6-7,10-15H2,1-5H3,(H,33,41)(H,30,32,34). The van der Waals surface area contributed by atoms with Crippen molar-refractivity contribution < 1.29 is 14.3 Å². The fourth-order valence-corrected chi connectivity index (χ4v) is 5.55. The Morgan fingerprint density at radius 2 is 1.86 bits per heavy atom. The molecule has 0 spiro atoms. The molecular weight excluding hydrogens is 550 g/mol. The number of carbonyl (C=O) groups excluding carboxylic acids is 1. The van der Waals surface area contributed by atoms with Gasteiger partial charge in [0.1, 0.15) is 11.5 Å². The Bertz CT molecular complexity index is 1640. The van der Waals surface area contributed by atoms with Gasteiger partial charge >= 0.3 is 0 Å². The van der Waals surface area contributed by atoms with Crippen LogP contribution in [0.3, 0.4) is 0 Å². The predicted molar refractivity (Wildman–Crippen MR) is 162 cm³/mol. The zero-order valence-electron chi connectivity index (χ0n) is 25.2. The van der Waals surface area contributed by atoms with Crippen molar-refractivity contribution in [3.63, 3.8) is 0 Å². The zero-order valence-corrected chi connectivity index (χ0v) is 25.2. The fourth-order valence-electron chi connectivity index (χ4n) is 5.55. The number of amides is 1. The van der Waals surface area contributed by atoms with Crippen LogP contribution in [-0.2, 0) is 24.1 Å². The molecule has 14 heteroatoms. The molecule has 0 radical (unpaired) electrons. The summed E-state index contributed by atoms with van der Waals surface area (Å²) in [4.78, 5) is 36.5. The van der Waals surface area contributed by atoms with Crippen molar-refractivity contribution in [2.75, 3.05) is 69.6 Å². The van der Waals surface area contributed by atoms with Crippen LogP contribution in [0.4, 0.5) is 23.3 Å². The van der Waals surface area contributed by atoms with Crippen LogP contribution in [0.25, 0.3) is 5.82 Å². The van der Waals surface area contributed by atoms with E-state index in [1.165, 1.54) is 0 Å². The topological polar surface area (TPSA) is 140 Å². The Morgan fingerprint density at radius 3 is 2.63 bits per heavy atom. The van der Waals surface area contributed by atoms with Gasteiger partial charge in [0.2, 0.25) is 17.8 Å². The smallest absolute Gasteiger partial charge is 0.257 e. The lowest BCUT2D eigenvalue weighted by Crippen LogP contribution is -2.45. The molecule has 2 aliphatic heterocycles. The minimum absolute atomic E-state index is 0.176. The molecule has 6 heterocycles. The van der Waals surface area contributed by atoms with E-state index in [-0.39, 0.29) is 5.91 Å². The van der Waals surface area contributed by atoms with Crippen LogP contribution in [0.1, 0.15) is 33.0 Å². The molecule has 6 rings (SSSR count). The van der Waals surface area contributed by atoms with E-state index in [9.17, 15) is 4.79 Å². The minimum Gasteiger partial charge on any atom is -0.479 e. The van der Waals surface area contributed by atoms with Gasteiger partial charge in [0.25, 0.3) is 5.91 Å². The number of methoxy groups -OCH3 is 2. The number of hydrogen-bond acceptors (Lipinski definition) is 11. The van der Waals surface area contributed by atoms with Crippen LogP contribution in [0, 0.1) is 13.8 Å². The largest absolute Gasteiger partial charge is 0.479 e. The third-order valence-electron chi connectivity index (χ3n) is 8.03. The Kier molecular flexibility index (Phi) is 7.95. The molecule has 1 fully saturated rings. The summed E-state index contributed by atoms with van der Waals surface area (Å²) < 4.78 is 14.6. The molecule has 43 heavy (non-hydrogen) atoms. The third kappa shape index (κ3) is 5.62. The van der Waals surface area contributed by atoms with Crippen LogP contribution in [-0.4, -0.2) is 99.1 Å². The number of likely N-dealkylation sites (N-methyl/N-ethyl adjacent to an activating group) is 1. The number of rotatable bonds is 9. The third-order valence-corrected chi connectivity index (χ3v) is 8.03. The maximum Gasteiger partial charge on any atom is 0.257 e. The summed E-state index contributed by atoms with van der Waals surface area (Å²) in [5.74, 6) is 1.99. The first kappa shape index (κ1) is 28.6. The number of hydrogen-bond donors (Lipinski definition) is 2. The van der Waals surface area contributed by atoms with Crippen molar-refractivity contribution >= 4 is 29.2 Å². The first-order chi connectivity index (χ1) is 20.9. The number of nitrogens with zero attached hydrogens (tertiary/aromatic N) is 9. The summed E-state index contributed by atoms with van der Waals surface area (Å²) in [5.41, 5.74) is 5.45. The summed E-state index contributed by atoms with van der Waals surface area (Å²) >= 11 is 0. The van der Waals surface area contributed by atoms with Crippen molar-refractivity contribution in [3.8, 4) is 11.7 Å². The Balaban J connectivity index is 1.22. The molecule has 0 atom stereocenters. The van der Waals surface area contributed by atoms with Gasteiger partial charge < -0.3 is 34.5 Å². The average molecular weight is 588 g/mol. The van der Waals surface area contributed by atoms with Gasteiger partial charge in [0.05, 0.1) is 49.1 Å². The lowest BCUT2D eigenvalue weighted by molar-refractivity contribution is 0.102. The maximum atomic E-state index is 13.5. The molecule has 0 unspecified atom stereocenters. The van der Waals surface area contributed by atoms with Gasteiger partial charge in [-0.05, 0) is 39.8 Å². The Hall–Kier alpha value is -4.56. The molecule has 14 nitrogen and oxygen atoms in total. The Labute approximate surface area is 250 Å². The lowest BCUT2D eigenvalue weighted by Gasteiger charge is -2.32. The molecule has 2 N–H and O–H groups in total. The summed E-state index contributed by atoms with van der Waals surface area (Å²) in [6, 6.07) is 1.84. The summed E-state index contributed by atoms with van der Waals surface area (Å²) in [7, 11) is 5.35. The van der Waals surface area contributed by atoms with Crippen LogP contribution >= 0.6 is 0 Å². The summed E-state index contributed by atoms with van der Waals surface area (Å²) in [6.45, 7) is 8.63. The van der Waals surface area contributed by atoms with E-state index in [1.54, 1.807) is 20.4 Å². The van der Waals surface area contributed by atoms with E-state index in [1.807, 2.05) is 41.6 Å². The molecule has 0 saturated carbocycles. The quantitative estimate of drug-likeness (QED) is 0.298. The monoisotopic (exact) mass is 587 g/mol. The van der Waals surface area contributed by atoms with Crippen molar-refractivity contribution in [2.24, 2.45) is 0 Å². The normalized spacial score (nSPS) is 14.8. The van der Waals surface area contributed by atoms with Crippen molar-refractivity contribution in [3.05, 3.63) is 52.9 Å². The number of fused-ring (bicyclic) bond motifs is 3. The summed E-state index contributed by atoms with van der Waals surface area (Å²) in [6.07, 6.45) is 6.82. The van der Waals surface area contributed by atoms with Crippen molar-refractivity contribution in [1.29, 1.82) is 0 Å². The number of carbonyl (C=O) groups is 1. The fraction of sp³-hybridized carbons (Fsp3) is 0.448. The molecule has 226 valence electrons. The van der Waals surface area contributed by atoms with Crippen LogP contribution in [0.5, 0.6) is 5.88 Å². The number of aromatic nitrogens is 7. The lowest BCUT2D eigenvalue weighted by atomic mass is 10.0. The molecule has 0 bridgehead atoms. The second kappa shape index (κ2) is 12.0. The van der Waals surface area contributed by atoms with E-state index in [2.05, 4.69) is 47.5 Å². The first-order valence-electron chi connectivity index (χ1n) is 14.4. The van der Waals surface area contributed by atoms with Gasteiger partial charge in [-0.15, -0.1) is 0 Å². The van der Waals surface area contributed by atoms with Crippen LogP contribution < -0.4 is 20.3 Å². The number of ether oxygens (including phenoxy) is 2. The molecule has 1 amide bonds. The molecule has 1 saturated heterocycles. The van der Waals surface area contributed by atoms with E-state index in [4.69, 9.17) is 14.5 Å². The number of piperazine rings is 1. The highest BCUT2D eigenvalue weighted by molar-refractivity contribution is 6.06. The molecule has 0 aliphatic carbocycles. The molecular formula is C29H37N11O3. The van der Waals surface area contributed by atoms with E-state index in [0.717, 1.165) is 66.8 Å². The Morgan fingerprint density at radius 1 is 1.05 bits per heavy atom. The van der Waals surface area contributed by atoms with Crippen LogP contribution in [0.15, 0.2) is 24.7 Å². The second-order valence-electron chi connectivity index (χ2n) is 10.8. The molecule has 4 aromatic rings. The van der Waals surface area contributed by atoms with Gasteiger partial charge in [-0.3, -0.25) is 9.48 Å². The zero-order chi connectivity index (χ0) is 30.1. The number of aryl methyl sites for hydroxylation is 2.